The third kappa shape index (κ3) is 3.91. The summed E-state index contributed by atoms with van der Waals surface area (Å²) < 4.78 is 0. The molecule has 2 saturated heterocycles. The van der Waals surface area contributed by atoms with Crippen molar-refractivity contribution in [1.29, 1.82) is 0 Å². The van der Waals surface area contributed by atoms with E-state index in [1.54, 1.807) is 11.8 Å². The minimum Gasteiger partial charge on any atom is -0.388 e. The molecule has 142 valence electrons. The van der Waals surface area contributed by atoms with Gasteiger partial charge in [0.15, 0.2) is 0 Å². The maximum Gasteiger partial charge on any atom is 0.253 e. The van der Waals surface area contributed by atoms with Crippen molar-refractivity contribution in [3.05, 3.63) is 35.4 Å². The first-order valence-electron chi connectivity index (χ1n) is 9.33. The van der Waals surface area contributed by atoms with Crippen LogP contribution in [-0.4, -0.2) is 69.7 Å². The fourth-order valence-corrected chi connectivity index (χ4v) is 3.69. The Bertz CT molecular complexity index is 663. The zero-order chi connectivity index (χ0) is 18.9. The molecular weight excluding hydrogens is 332 g/mol. The van der Waals surface area contributed by atoms with Gasteiger partial charge in [-0.05, 0) is 45.2 Å². The second-order valence-corrected chi connectivity index (χ2v) is 7.84. The van der Waals surface area contributed by atoms with Crippen molar-refractivity contribution < 1.29 is 19.8 Å². The van der Waals surface area contributed by atoms with E-state index in [4.69, 9.17) is 0 Å². The Labute approximate surface area is 154 Å². The molecule has 1 aromatic carbocycles. The fraction of sp³-hybridized carbons (Fsp3) is 0.600. The van der Waals surface area contributed by atoms with E-state index in [1.165, 1.54) is 0 Å². The highest BCUT2D eigenvalue weighted by Gasteiger charge is 2.40. The zero-order valence-corrected chi connectivity index (χ0v) is 15.5. The summed E-state index contributed by atoms with van der Waals surface area (Å²) in [6.45, 7) is 5.37. The molecule has 6 heteroatoms. The van der Waals surface area contributed by atoms with Crippen LogP contribution in [0.5, 0.6) is 0 Å². The number of amides is 2. The Morgan fingerprint density at radius 1 is 1.08 bits per heavy atom. The highest BCUT2D eigenvalue weighted by Crippen LogP contribution is 2.26. The van der Waals surface area contributed by atoms with Gasteiger partial charge in [-0.15, -0.1) is 0 Å². The molecule has 2 aliphatic rings. The smallest absolute Gasteiger partial charge is 0.253 e. The molecular formula is C20H28N2O4. The summed E-state index contributed by atoms with van der Waals surface area (Å²) in [4.78, 5) is 28.8. The first kappa shape index (κ1) is 18.9. The molecule has 0 spiro atoms. The molecule has 0 radical (unpaired) electrons. The van der Waals surface area contributed by atoms with Crippen LogP contribution in [0.15, 0.2) is 24.3 Å². The summed E-state index contributed by atoms with van der Waals surface area (Å²) in [5.74, 6) is -0.0744. The van der Waals surface area contributed by atoms with Gasteiger partial charge in [0, 0.05) is 37.7 Å². The first-order valence-corrected chi connectivity index (χ1v) is 9.33. The molecule has 2 amide bonds. The van der Waals surface area contributed by atoms with E-state index >= 15 is 0 Å². The standard InChI is InChI=1S/C20H28N2O4/c1-14-3-5-15(6-4-14)18(24)21-10-7-16(8-11-21)19(25)22-12-9-20(2,26)17(23)13-22/h3-6,16-17,23,26H,7-13H2,1-2H3/t17-,20+/m0/s1. The van der Waals surface area contributed by atoms with E-state index in [1.807, 2.05) is 36.1 Å². The van der Waals surface area contributed by atoms with E-state index < -0.39 is 11.7 Å². The van der Waals surface area contributed by atoms with Crippen LogP contribution in [0.2, 0.25) is 0 Å². The van der Waals surface area contributed by atoms with Gasteiger partial charge in [0.05, 0.1) is 11.7 Å². The average Bonchev–Trinajstić information content (AvgIpc) is 2.63. The molecule has 0 unspecified atom stereocenters. The molecule has 2 heterocycles. The average molecular weight is 360 g/mol. The molecule has 0 aliphatic carbocycles. The van der Waals surface area contributed by atoms with E-state index in [-0.39, 0.29) is 24.3 Å². The predicted molar refractivity (Wildman–Crippen MR) is 97.6 cm³/mol. The molecule has 0 aromatic heterocycles. The number of aliphatic hydroxyl groups excluding tert-OH is 1. The number of aliphatic hydroxyl groups is 2. The Morgan fingerprint density at radius 3 is 2.27 bits per heavy atom. The minimum atomic E-state index is -1.12. The summed E-state index contributed by atoms with van der Waals surface area (Å²) in [7, 11) is 0. The summed E-state index contributed by atoms with van der Waals surface area (Å²) in [6, 6.07) is 7.55. The van der Waals surface area contributed by atoms with Gasteiger partial charge in [-0.25, -0.2) is 0 Å². The van der Waals surface area contributed by atoms with Crippen LogP contribution < -0.4 is 0 Å². The lowest BCUT2D eigenvalue weighted by atomic mass is 9.88. The summed E-state index contributed by atoms with van der Waals surface area (Å²) in [5, 5.41) is 20.1. The van der Waals surface area contributed by atoms with Crippen molar-refractivity contribution >= 4 is 11.8 Å². The molecule has 0 saturated carbocycles. The van der Waals surface area contributed by atoms with Gasteiger partial charge in [0.25, 0.3) is 5.91 Å². The van der Waals surface area contributed by atoms with Crippen LogP contribution >= 0.6 is 0 Å². The second kappa shape index (κ2) is 7.37. The molecule has 26 heavy (non-hydrogen) atoms. The third-order valence-electron chi connectivity index (χ3n) is 5.74. The van der Waals surface area contributed by atoms with Gasteiger partial charge >= 0.3 is 0 Å². The summed E-state index contributed by atoms with van der Waals surface area (Å²) in [6.07, 6.45) is 0.743. The molecule has 2 fully saturated rings. The lowest BCUT2D eigenvalue weighted by Crippen LogP contribution is -2.56. The second-order valence-electron chi connectivity index (χ2n) is 7.84. The Balaban J connectivity index is 1.54. The van der Waals surface area contributed by atoms with E-state index in [9.17, 15) is 19.8 Å². The van der Waals surface area contributed by atoms with Gasteiger partial charge in [0.2, 0.25) is 5.91 Å². The number of piperidine rings is 2. The number of aryl methyl sites for hydroxylation is 1. The van der Waals surface area contributed by atoms with Crippen molar-refractivity contribution in [3.8, 4) is 0 Å². The SMILES string of the molecule is Cc1ccc(C(=O)N2CCC(C(=O)N3CC[C@@](C)(O)[C@@H](O)C3)CC2)cc1. The van der Waals surface area contributed by atoms with Gasteiger partial charge in [-0.1, -0.05) is 17.7 Å². The zero-order valence-electron chi connectivity index (χ0n) is 15.5. The third-order valence-corrected chi connectivity index (χ3v) is 5.74. The lowest BCUT2D eigenvalue weighted by Gasteiger charge is -2.42. The van der Waals surface area contributed by atoms with Gasteiger partial charge in [-0.2, -0.15) is 0 Å². The first-order chi connectivity index (χ1) is 12.3. The number of carbonyl (C=O) groups excluding carboxylic acids is 2. The van der Waals surface area contributed by atoms with E-state index in [0.29, 0.717) is 44.5 Å². The fourth-order valence-electron chi connectivity index (χ4n) is 3.69. The normalized spacial score (nSPS) is 27.5. The number of hydrogen-bond acceptors (Lipinski definition) is 4. The number of nitrogens with zero attached hydrogens (tertiary/aromatic N) is 2. The van der Waals surface area contributed by atoms with Crippen molar-refractivity contribution in [1.82, 2.24) is 9.80 Å². The number of rotatable bonds is 2. The largest absolute Gasteiger partial charge is 0.388 e. The van der Waals surface area contributed by atoms with Crippen molar-refractivity contribution in [2.45, 2.75) is 44.8 Å². The highest BCUT2D eigenvalue weighted by molar-refractivity contribution is 5.94. The van der Waals surface area contributed by atoms with Crippen molar-refractivity contribution in [2.24, 2.45) is 5.92 Å². The molecule has 0 bridgehead atoms. The Hall–Kier alpha value is -1.92. The minimum absolute atomic E-state index is 0.0142. The molecule has 6 nitrogen and oxygen atoms in total. The molecule has 2 aliphatic heterocycles. The van der Waals surface area contributed by atoms with Crippen molar-refractivity contribution in [2.75, 3.05) is 26.2 Å². The number of likely N-dealkylation sites (tertiary alicyclic amines) is 2. The van der Waals surface area contributed by atoms with Gasteiger partial charge < -0.3 is 20.0 Å². The quantitative estimate of drug-likeness (QED) is 0.830. The maximum atomic E-state index is 12.7. The lowest BCUT2D eigenvalue weighted by molar-refractivity contribution is -0.151. The van der Waals surface area contributed by atoms with Crippen molar-refractivity contribution in [3.63, 3.8) is 0 Å². The van der Waals surface area contributed by atoms with E-state index in [2.05, 4.69) is 0 Å². The number of carbonyl (C=O) groups is 2. The summed E-state index contributed by atoms with van der Waals surface area (Å²) >= 11 is 0. The summed E-state index contributed by atoms with van der Waals surface area (Å²) in [5.41, 5.74) is 0.677. The Morgan fingerprint density at radius 2 is 1.69 bits per heavy atom. The van der Waals surface area contributed by atoms with Crippen LogP contribution in [0.25, 0.3) is 0 Å². The molecule has 3 rings (SSSR count). The molecule has 1 aromatic rings. The number of hydrogen-bond donors (Lipinski definition) is 2. The maximum absolute atomic E-state index is 12.7. The molecule has 2 atom stereocenters. The Kier molecular flexibility index (Phi) is 5.34. The van der Waals surface area contributed by atoms with Gasteiger partial charge in [-0.3, -0.25) is 9.59 Å². The number of benzene rings is 1. The highest BCUT2D eigenvalue weighted by atomic mass is 16.3. The molecule has 2 N–H and O–H groups in total. The van der Waals surface area contributed by atoms with Crippen LogP contribution in [0.4, 0.5) is 0 Å². The monoisotopic (exact) mass is 360 g/mol. The van der Waals surface area contributed by atoms with E-state index in [0.717, 1.165) is 5.56 Å². The van der Waals surface area contributed by atoms with Crippen LogP contribution in [0, 0.1) is 12.8 Å². The van der Waals surface area contributed by atoms with Crippen LogP contribution in [-0.2, 0) is 4.79 Å². The predicted octanol–water partition coefficient (Wildman–Crippen LogP) is 1.19. The van der Waals surface area contributed by atoms with Crippen LogP contribution in [0.1, 0.15) is 42.1 Å². The van der Waals surface area contributed by atoms with Crippen LogP contribution in [0.3, 0.4) is 0 Å². The van der Waals surface area contributed by atoms with Gasteiger partial charge in [0.1, 0.15) is 0 Å². The topological polar surface area (TPSA) is 81.1 Å². The number of β-amino-alcohol motifs (C(OH)–C–C–N with tert-alkyl or cyclic N) is 1.